The number of ketones is 1. The summed E-state index contributed by atoms with van der Waals surface area (Å²) in [6.07, 6.45) is -4.97. The van der Waals surface area contributed by atoms with Crippen LogP contribution in [0.25, 0.3) is 0 Å². The minimum Gasteiger partial charge on any atom is -0.465 e. The normalized spacial score (nSPS) is 18.2. The van der Waals surface area contributed by atoms with Crippen molar-refractivity contribution in [1.29, 1.82) is 0 Å². The zero-order valence-corrected chi connectivity index (χ0v) is 11.2. The van der Waals surface area contributed by atoms with Crippen molar-refractivity contribution in [2.45, 2.75) is 13.2 Å². The van der Waals surface area contributed by atoms with Gasteiger partial charge in [0.1, 0.15) is 5.92 Å². The second-order valence-corrected chi connectivity index (χ2v) is 4.53. The summed E-state index contributed by atoms with van der Waals surface area (Å²) in [6, 6.07) is 0.647. The number of ether oxygens (including phenoxy) is 1. The first-order chi connectivity index (χ1) is 10.2. The van der Waals surface area contributed by atoms with E-state index in [1.807, 2.05) is 0 Å². The number of carbonyl (C=O) groups excluding carboxylic acids is 2. The van der Waals surface area contributed by atoms with Crippen LogP contribution in [-0.2, 0) is 9.53 Å². The van der Waals surface area contributed by atoms with E-state index in [2.05, 4.69) is 4.74 Å². The number of benzene rings is 1. The zero-order chi connectivity index (χ0) is 16.7. The molecule has 0 saturated carbocycles. The van der Waals surface area contributed by atoms with Crippen molar-refractivity contribution in [3.8, 4) is 0 Å². The first-order valence-electron chi connectivity index (χ1n) is 6.21. The number of rotatable bonds is 2. The van der Waals surface area contributed by atoms with Gasteiger partial charge in [0, 0.05) is 18.2 Å². The Balaban J connectivity index is 2.56. The Kier molecular flexibility index (Phi) is 4.08. The molecule has 1 heterocycles. The SMILES string of the molecule is CCOC(=O)C1CN(C(F)(F)F)c2cc(F)c(F)cc2C1=O. The van der Waals surface area contributed by atoms with Gasteiger partial charge in [-0.1, -0.05) is 0 Å². The second kappa shape index (κ2) is 5.54. The minimum atomic E-state index is -4.97. The highest BCUT2D eigenvalue weighted by atomic mass is 19.4. The van der Waals surface area contributed by atoms with Crippen molar-refractivity contribution >= 4 is 17.4 Å². The highest BCUT2D eigenvalue weighted by Crippen LogP contribution is 2.38. The van der Waals surface area contributed by atoms with E-state index in [0.717, 1.165) is 0 Å². The van der Waals surface area contributed by atoms with Crippen LogP contribution in [-0.4, -0.2) is 31.2 Å². The maximum Gasteiger partial charge on any atom is 0.484 e. The van der Waals surface area contributed by atoms with Gasteiger partial charge in [-0.25, -0.2) is 8.78 Å². The Morgan fingerprint density at radius 1 is 1.32 bits per heavy atom. The Hall–Kier alpha value is -2.19. The van der Waals surface area contributed by atoms with E-state index in [1.54, 1.807) is 0 Å². The number of Topliss-reactive ketones (excluding diaryl/α,β-unsaturated/α-hetero) is 1. The monoisotopic (exact) mass is 323 g/mol. The largest absolute Gasteiger partial charge is 0.484 e. The van der Waals surface area contributed by atoms with Gasteiger partial charge in [0.2, 0.25) is 0 Å². The van der Waals surface area contributed by atoms with Crippen LogP contribution in [0.15, 0.2) is 12.1 Å². The van der Waals surface area contributed by atoms with Crippen LogP contribution < -0.4 is 4.90 Å². The molecule has 1 aliphatic rings. The number of esters is 1. The summed E-state index contributed by atoms with van der Waals surface area (Å²) in [5, 5.41) is 0. The van der Waals surface area contributed by atoms with E-state index in [9.17, 15) is 31.5 Å². The van der Waals surface area contributed by atoms with Gasteiger partial charge in [0.15, 0.2) is 17.4 Å². The molecule has 0 aromatic heterocycles. The number of fused-ring (bicyclic) bond motifs is 1. The van der Waals surface area contributed by atoms with Crippen molar-refractivity contribution in [1.82, 2.24) is 0 Å². The van der Waals surface area contributed by atoms with Crippen LogP contribution in [0.4, 0.5) is 27.6 Å². The molecule has 0 spiro atoms. The Morgan fingerprint density at radius 2 is 1.91 bits per heavy atom. The summed E-state index contributed by atoms with van der Waals surface area (Å²) in [5.41, 5.74) is -1.53. The van der Waals surface area contributed by atoms with E-state index >= 15 is 0 Å². The molecule has 120 valence electrons. The molecule has 1 aromatic carbocycles. The average molecular weight is 323 g/mol. The molecule has 0 radical (unpaired) electrons. The highest BCUT2D eigenvalue weighted by Gasteiger charge is 2.48. The number of alkyl halides is 3. The van der Waals surface area contributed by atoms with Gasteiger partial charge in [0.25, 0.3) is 0 Å². The average Bonchev–Trinajstić information content (AvgIpc) is 2.40. The molecule has 0 aliphatic carbocycles. The highest BCUT2D eigenvalue weighted by molar-refractivity contribution is 6.13. The van der Waals surface area contributed by atoms with Crippen LogP contribution in [0.3, 0.4) is 0 Å². The molecule has 1 atom stereocenters. The zero-order valence-electron chi connectivity index (χ0n) is 11.2. The maximum absolute atomic E-state index is 13.2. The standard InChI is InChI=1S/C13H10F5NO3/c1-2-22-12(21)7-5-19(13(16,17)18)10-4-9(15)8(14)3-6(10)11(7)20/h3-4,7H,2,5H2,1H3. The van der Waals surface area contributed by atoms with E-state index in [0.29, 0.717) is 6.07 Å². The molecular formula is C13H10F5NO3. The van der Waals surface area contributed by atoms with Crippen LogP contribution in [0.2, 0.25) is 0 Å². The lowest BCUT2D eigenvalue weighted by Gasteiger charge is -2.35. The Bertz CT molecular complexity index is 629. The smallest absolute Gasteiger partial charge is 0.465 e. The molecule has 22 heavy (non-hydrogen) atoms. The first kappa shape index (κ1) is 16.2. The molecular weight excluding hydrogens is 313 g/mol. The van der Waals surface area contributed by atoms with Crippen LogP contribution in [0, 0.1) is 17.6 Å². The number of nitrogens with zero attached hydrogens (tertiary/aromatic N) is 1. The molecule has 0 amide bonds. The Labute approximate surface area is 121 Å². The number of carbonyl (C=O) groups is 2. The van der Waals surface area contributed by atoms with Gasteiger partial charge in [-0.2, -0.15) is 13.2 Å². The van der Waals surface area contributed by atoms with E-state index < -0.39 is 53.4 Å². The van der Waals surface area contributed by atoms with E-state index in [1.165, 1.54) is 6.92 Å². The molecule has 0 N–H and O–H groups in total. The molecule has 9 heteroatoms. The molecule has 2 rings (SSSR count). The molecule has 0 fully saturated rings. The van der Waals surface area contributed by atoms with Crippen molar-refractivity contribution in [3.05, 3.63) is 29.3 Å². The van der Waals surface area contributed by atoms with Gasteiger partial charge >= 0.3 is 12.3 Å². The fourth-order valence-electron chi connectivity index (χ4n) is 2.17. The van der Waals surface area contributed by atoms with Crippen LogP contribution in [0.5, 0.6) is 0 Å². The fraction of sp³-hybridized carbons (Fsp3) is 0.385. The third-order valence-electron chi connectivity index (χ3n) is 3.15. The van der Waals surface area contributed by atoms with E-state index in [-0.39, 0.29) is 17.6 Å². The summed E-state index contributed by atoms with van der Waals surface area (Å²) in [4.78, 5) is 23.5. The van der Waals surface area contributed by atoms with Crippen LogP contribution >= 0.6 is 0 Å². The predicted octanol–water partition coefficient (Wildman–Crippen LogP) is 2.67. The molecule has 0 bridgehead atoms. The lowest BCUT2D eigenvalue weighted by molar-refractivity contribution is -0.149. The summed E-state index contributed by atoms with van der Waals surface area (Å²) in [6.45, 7) is 0.258. The minimum absolute atomic E-state index is 0.126. The first-order valence-corrected chi connectivity index (χ1v) is 6.21. The number of halogens is 5. The second-order valence-electron chi connectivity index (χ2n) is 4.53. The summed E-state index contributed by atoms with van der Waals surface area (Å²) in [5.74, 6) is -6.92. The summed E-state index contributed by atoms with van der Waals surface area (Å²) < 4.78 is 70.1. The predicted molar refractivity (Wildman–Crippen MR) is 64.2 cm³/mol. The third kappa shape index (κ3) is 2.75. The Morgan fingerprint density at radius 3 is 2.45 bits per heavy atom. The van der Waals surface area contributed by atoms with Gasteiger partial charge in [0.05, 0.1) is 12.3 Å². The number of anilines is 1. The topological polar surface area (TPSA) is 46.6 Å². The fourth-order valence-corrected chi connectivity index (χ4v) is 2.17. The quantitative estimate of drug-likeness (QED) is 0.363. The molecule has 1 aromatic rings. The third-order valence-corrected chi connectivity index (χ3v) is 3.15. The molecule has 4 nitrogen and oxygen atoms in total. The summed E-state index contributed by atoms with van der Waals surface area (Å²) in [7, 11) is 0. The van der Waals surface area contributed by atoms with Crippen molar-refractivity contribution in [3.63, 3.8) is 0 Å². The van der Waals surface area contributed by atoms with Gasteiger partial charge in [-0.15, -0.1) is 0 Å². The van der Waals surface area contributed by atoms with Gasteiger partial charge in [-0.05, 0) is 13.0 Å². The van der Waals surface area contributed by atoms with Crippen molar-refractivity contribution in [2.24, 2.45) is 5.92 Å². The number of hydrogen-bond acceptors (Lipinski definition) is 4. The molecule has 1 aliphatic heterocycles. The summed E-state index contributed by atoms with van der Waals surface area (Å²) >= 11 is 0. The molecule has 1 unspecified atom stereocenters. The maximum atomic E-state index is 13.2. The van der Waals surface area contributed by atoms with Crippen molar-refractivity contribution in [2.75, 3.05) is 18.1 Å². The van der Waals surface area contributed by atoms with Gasteiger partial charge in [-0.3, -0.25) is 14.5 Å². The van der Waals surface area contributed by atoms with Gasteiger partial charge < -0.3 is 4.74 Å². The lowest BCUT2D eigenvalue weighted by Crippen LogP contribution is -2.49. The lowest BCUT2D eigenvalue weighted by atomic mass is 9.91. The molecule has 0 saturated heterocycles. The van der Waals surface area contributed by atoms with Crippen LogP contribution in [0.1, 0.15) is 17.3 Å². The van der Waals surface area contributed by atoms with E-state index in [4.69, 9.17) is 0 Å². The van der Waals surface area contributed by atoms with Crippen molar-refractivity contribution < 1.29 is 36.3 Å². The number of hydrogen-bond donors (Lipinski definition) is 0.